The van der Waals surface area contributed by atoms with Crippen molar-refractivity contribution in [1.29, 1.82) is 0 Å². The van der Waals surface area contributed by atoms with Crippen molar-refractivity contribution in [3.05, 3.63) is 0 Å². The molecule has 5 heteroatoms. The molecule has 0 amide bonds. The third-order valence-corrected chi connectivity index (χ3v) is 0. The second kappa shape index (κ2) is 32.4. The zero-order chi connectivity index (χ0) is 0. The zero-order valence-electron chi connectivity index (χ0n) is 2.04. The maximum Gasteiger partial charge on any atom is -0.114 e. The van der Waals surface area contributed by atoms with Crippen molar-refractivity contribution in [1.82, 2.24) is 0 Å². The van der Waals surface area contributed by atoms with Crippen LogP contribution in [0.5, 0.6) is 0 Å². The number of halogens is 5. The first kappa shape index (κ1) is 52.6. The van der Waals surface area contributed by atoms with Crippen LogP contribution in [0.15, 0.2) is 0 Å². The molecule has 0 spiro atoms. The van der Waals surface area contributed by atoms with Crippen LogP contribution in [0.1, 0.15) is 0 Å². The molecule has 0 aliphatic rings. The van der Waals surface area contributed by atoms with Gasteiger partial charge in [-0.1, -0.05) is 0 Å². The summed E-state index contributed by atoms with van der Waals surface area (Å²) in [6.45, 7) is 0. The van der Waals surface area contributed by atoms with Gasteiger partial charge in [0.1, 0.15) is 0 Å². The van der Waals surface area contributed by atoms with Crippen molar-refractivity contribution in [2.45, 2.75) is 0 Å². The van der Waals surface area contributed by atoms with Crippen LogP contribution in [0.3, 0.4) is 0 Å². The standard InChI is InChI=1S/5BrH/h5*1H. The van der Waals surface area contributed by atoms with E-state index in [-0.39, 0.29) is 84.9 Å². The van der Waals surface area contributed by atoms with Gasteiger partial charge < -0.3 is 0 Å². The fourth-order valence-corrected chi connectivity index (χ4v) is 0. The summed E-state index contributed by atoms with van der Waals surface area (Å²) in [5, 5.41) is 0. The molecule has 0 bridgehead atoms. The minimum absolute atomic E-state index is 0. The van der Waals surface area contributed by atoms with Crippen LogP contribution >= 0.6 is 84.9 Å². The molecule has 0 aromatic heterocycles. The molecule has 0 saturated heterocycles. The molecule has 0 aromatic rings. The molecular formula is H5Br5. The largest absolute Gasteiger partial charge is 0.114 e. The van der Waals surface area contributed by atoms with Gasteiger partial charge in [0.25, 0.3) is 0 Å². The second-order valence-electron chi connectivity index (χ2n) is 0. The average Bonchev–Trinajstić information content (AvgIpc) is 0. The lowest BCUT2D eigenvalue weighted by atomic mass is 79.9. The van der Waals surface area contributed by atoms with E-state index in [1.165, 1.54) is 0 Å². The van der Waals surface area contributed by atoms with E-state index in [0.29, 0.717) is 0 Å². The Morgan fingerprint density at radius 3 is 0.200 bits per heavy atom. The summed E-state index contributed by atoms with van der Waals surface area (Å²) in [6, 6.07) is 0. The third kappa shape index (κ3) is 21.5. The molecule has 0 N–H and O–H groups in total. The van der Waals surface area contributed by atoms with E-state index in [1.807, 2.05) is 0 Å². The Hall–Kier alpha value is 2.40. The van der Waals surface area contributed by atoms with E-state index in [4.69, 9.17) is 0 Å². The lowest BCUT2D eigenvalue weighted by molar-refractivity contribution is 8.93. The zero-order valence-corrected chi connectivity index (χ0v) is 10.6. The van der Waals surface area contributed by atoms with Crippen molar-refractivity contribution in [2.75, 3.05) is 0 Å². The van der Waals surface area contributed by atoms with Gasteiger partial charge in [0, 0.05) is 0 Å². The maximum atomic E-state index is 0. The van der Waals surface area contributed by atoms with Gasteiger partial charge in [0.2, 0.25) is 0 Å². The Bertz CT molecular complexity index is 0. The topological polar surface area (TPSA) is 0 Å². The van der Waals surface area contributed by atoms with E-state index in [9.17, 15) is 0 Å². The molecule has 0 aliphatic heterocycles. The molecule has 0 aliphatic carbocycles. The number of rotatable bonds is 0. The first-order valence-corrected chi connectivity index (χ1v) is 0. The molecule has 0 aromatic carbocycles. The minimum atomic E-state index is 0. The summed E-state index contributed by atoms with van der Waals surface area (Å²) in [5.41, 5.74) is 0. The Kier molecular flexibility index (Phi) is 341. The van der Waals surface area contributed by atoms with Gasteiger partial charge >= 0.3 is 0 Å². The molecule has 5 heavy (non-hydrogen) atoms. The van der Waals surface area contributed by atoms with E-state index in [2.05, 4.69) is 0 Å². The van der Waals surface area contributed by atoms with Crippen LogP contribution in [-0.2, 0) is 0 Å². The average molecular weight is 405 g/mol. The fraction of sp³-hybridized carbons (Fsp3) is 0. The molecule has 0 saturated carbocycles. The molecule has 0 heterocycles. The summed E-state index contributed by atoms with van der Waals surface area (Å²) >= 11 is 0. The highest BCUT2D eigenvalue weighted by molar-refractivity contribution is 8.93. The Morgan fingerprint density at radius 2 is 0.200 bits per heavy atom. The fourth-order valence-electron chi connectivity index (χ4n) is 0. The summed E-state index contributed by atoms with van der Waals surface area (Å²) in [4.78, 5) is 0. The summed E-state index contributed by atoms with van der Waals surface area (Å²) in [7, 11) is 0. The lowest BCUT2D eigenvalue weighted by Crippen LogP contribution is 0.845. The maximum absolute atomic E-state index is 0. The van der Waals surface area contributed by atoms with Gasteiger partial charge in [-0.3, -0.25) is 0 Å². The molecule has 0 atom stereocenters. The Labute approximate surface area is 83.9 Å². The molecule has 0 rings (SSSR count). The van der Waals surface area contributed by atoms with E-state index >= 15 is 0 Å². The monoisotopic (exact) mass is 400 g/mol. The Morgan fingerprint density at radius 1 is 0.200 bits per heavy atom. The molecular weight excluding hydrogens is 400 g/mol. The Balaban J connectivity index is 0. The first-order valence-electron chi connectivity index (χ1n) is 0. The predicted molar refractivity (Wildman–Crippen MR) is 51.6 cm³/mol. The molecule has 40 valence electrons. The van der Waals surface area contributed by atoms with Gasteiger partial charge in [-0.25, -0.2) is 0 Å². The van der Waals surface area contributed by atoms with Crippen LogP contribution in [0.2, 0.25) is 0 Å². The highest BCUT2D eigenvalue weighted by atomic mass is 79.9. The molecule has 0 unspecified atom stereocenters. The molecule has 0 fully saturated rings. The third-order valence-electron chi connectivity index (χ3n) is 0. The van der Waals surface area contributed by atoms with Gasteiger partial charge in [0.05, 0.1) is 0 Å². The van der Waals surface area contributed by atoms with Crippen LogP contribution in [0.25, 0.3) is 0 Å². The SMILES string of the molecule is Br.Br.Br.Br.Br. The van der Waals surface area contributed by atoms with E-state index < -0.39 is 0 Å². The summed E-state index contributed by atoms with van der Waals surface area (Å²) in [6.07, 6.45) is 0. The van der Waals surface area contributed by atoms with Crippen LogP contribution in [-0.4, -0.2) is 0 Å². The van der Waals surface area contributed by atoms with E-state index in [1.54, 1.807) is 0 Å². The highest BCUT2D eigenvalue weighted by Crippen LogP contribution is 0.850. The quantitative estimate of drug-likeness (QED) is 0.582. The van der Waals surface area contributed by atoms with Gasteiger partial charge in [-0.15, -0.1) is 84.9 Å². The van der Waals surface area contributed by atoms with Gasteiger partial charge in [-0.2, -0.15) is 0 Å². The molecule has 0 nitrogen and oxygen atoms in total. The second-order valence-corrected chi connectivity index (χ2v) is 0. The summed E-state index contributed by atoms with van der Waals surface area (Å²) < 4.78 is 0. The van der Waals surface area contributed by atoms with Crippen LogP contribution in [0.4, 0.5) is 0 Å². The van der Waals surface area contributed by atoms with Gasteiger partial charge in [-0.05, 0) is 0 Å². The predicted octanol–water partition coefficient (Wildman–Crippen LogP) is 2.89. The van der Waals surface area contributed by atoms with Crippen LogP contribution < -0.4 is 0 Å². The number of hydrogen-bond acceptors (Lipinski definition) is 0. The normalized spacial score (nSPS) is 0. The van der Waals surface area contributed by atoms with Crippen molar-refractivity contribution in [2.24, 2.45) is 0 Å². The van der Waals surface area contributed by atoms with Crippen molar-refractivity contribution < 1.29 is 0 Å². The summed E-state index contributed by atoms with van der Waals surface area (Å²) in [5.74, 6) is 0. The first-order chi connectivity index (χ1) is 0. The van der Waals surface area contributed by atoms with Crippen molar-refractivity contribution in [3.63, 3.8) is 0 Å². The van der Waals surface area contributed by atoms with E-state index in [0.717, 1.165) is 0 Å². The highest BCUT2D eigenvalue weighted by Gasteiger charge is -0.110. The smallest absolute Gasteiger partial charge is 0.114 e. The van der Waals surface area contributed by atoms with Crippen LogP contribution in [0, 0.1) is 0 Å². The molecule has 0 radical (unpaired) electrons. The van der Waals surface area contributed by atoms with Crippen molar-refractivity contribution in [3.8, 4) is 0 Å². The lowest BCUT2D eigenvalue weighted by Gasteiger charge is -0.115. The number of hydrogen-bond donors (Lipinski definition) is 0. The van der Waals surface area contributed by atoms with Gasteiger partial charge in [0.15, 0.2) is 0 Å². The minimum Gasteiger partial charge on any atom is -0.114 e. The van der Waals surface area contributed by atoms with Crippen molar-refractivity contribution >= 4 is 84.9 Å².